The minimum Gasteiger partial charge on any atom is -0.493 e. The van der Waals surface area contributed by atoms with Crippen LogP contribution in [0.1, 0.15) is 35.7 Å². The number of methoxy groups -OCH3 is 1. The number of ether oxygens (including phenoxy) is 3. The van der Waals surface area contributed by atoms with Crippen LogP contribution in [0, 0.1) is 5.92 Å². The Hall–Kier alpha value is -2.99. The van der Waals surface area contributed by atoms with Crippen molar-refractivity contribution in [3.8, 4) is 11.5 Å². The summed E-state index contributed by atoms with van der Waals surface area (Å²) in [5.41, 5.74) is 1.20. The second-order valence-corrected chi connectivity index (χ2v) is 10.0. The van der Waals surface area contributed by atoms with E-state index in [-0.39, 0.29) is 25.0 Å². The van der Waals surface area contributed by atoms with Crippen LogP contribution in [0.3, 0.4) is 0 Å². The normalized spacial score (nSPS) is 24.6. The van der Waals surface area contributed by atoms with Gasteiger partial charge >= 0.3 is 0 Å². The van der Waals surface area contributed by atoms with E-state index in [1.165, 1.54) is 7.11 Å². The molecule has 0 aromatic heterocycles. The van der Waals surface area contributed by atoms with Gasteiger partial charge in [-0.1, -0.05) is 13.8 Å². The molecule has 2 heterocycles. The third-order valence-electron chi connectivity index (χ3n) is 7.31. The molecule has 3 N–H and O–H groups in total. The highest BCUT2D eigenvalue weighted by Crippen LogP contribution is 2.51. The van der Waals surface area contributed by atoms with Gasteiger partial charge in [-0.05, 0) is 18.2 Å². The first-order chi connectivity index (χ1) is 18.3. The van der Waals surface area contributed by atoms with Crippen LogP contribution in [0.25, 0.3) is 0 Å². The van der Waals surface area contributed by atoms with Gasteiger partial charge in [0, 0.05) is 55.3 Å². The topological polar surface area (TPSA) is 138 Å². The number of fused-ring (bicyclic) bond motifs is 3. The second-order valence-electron chi connectivity index (χ2n) is 10.0. The Morgan fingerprint density at radius 2 is 2.03 bits per heavy atom. The maximum absolute atomic E-state index is 13.4. The van der Waals surface area contributed by atoms with Gasteiger partial charge in [0.15, 0.2) is 11.5 Å². The molecule has 1 aromatic rings. The number of carbonyl (C=O) groups is 3. The molecule has 0 spiro atoms. The number of rotatable bonds is 10. The van der Waals surface area contributed by atoms with Crippen LogP contribution in [0.2, 0.25) is 0 Å². The Morgan fingerprint density at radius 3 is 2.66 bits per heavy atom. The third kappa shape index (κ3) is 5.56. The summed E-state index contributed by atoms with van der Waals surface area (Å²) in [5.74, 6) is -0.948. The van der Waals surface area contributed by atoms with Crippen LogP contribution in [-0.2, 0) is 14.3 Å². The number of aliphatic hydroxyl groups excluding tert-OH is 2. The van der Waals surface area contributed by atoms with Gasteiger partial charge in [0.1, 0.15) is 18.5 Å². The lowest BCUT2D eigenvalue weighted by Gasteiger charge is -2.42. The lowest BCUT2D eigenvalue weighted by molar-refractivity contribution is -0.140. The first-order valence-corrected chi connectivity index (χ1v) is 13.0. The van der Waals surface area contributed by atoms with Gasteiger partial charge in [-0.25, -0.2) is 0 Å². The van der Waals surface area contributed by atoms with E-state index in [4.69, 9.17) is 14.2 Å². The van der Waals surface area contributed by atoms with Gasteiger partial charge in [0.2, 0.25) is 11.8 Å². The molecular formula is C27H37N3O8. The summed E-state index contributed by atoms with van der Waals surface area (Å²) in [4.78, 5) is 42.2. The van der Waals surface area contributed by atoms with Gasteiger partial charge in [-0.2, -0.15) is 0 Å². The summed E-state index contributed by atoms with van der Waals surface area (Å²) in [5, 5.41) is 23.6. The van der Waals surface area contributed by atoms with Crippen molar-refractivity contribution in [3.05, 3.63) is 34.9 Å². The largest absolute Gasteiger partial charge is 0.493 e. The molecule has 11 nitrogen and oxygen atoms in total. The molecule has 4 atom stereocenters. The number of aldehydes is 1. The molecule has 2 amide bonds. The molecule has 4 rings (SSSR count). The number of morpholine rings is 1. The fourth-order valence-corrected chi connectivity index (χ4v) is 5.37. The Balaban J connectivity index is 1.74. The molecule has 2 aliphatic heterocycles. The molecule has 0 radical (unpaired) electrons. The van der Waals surface area contributed by atoms with E-state index in [0.717, 1.165) is 13.1 Å². The van der Waals surface area contributed by atoms with Crippen LogP contribution in [-0.4, -0.2) is 116 Å². The van der Waals surface area contributed by atoms with Crippen molar-refractivity contribution in [2.75, 3.05) is 59.7 Å². The number of aliphatic hydroxyl groups is 2. The van der Waals surface area contributed by atoms with Gasteiger partial charge in [0.05, 0.1) is 38.9 Å². The van der Waals surface area contributed by atoms with Crippen LogP contribution < -0.4 is 14.8 Å². The third-order valence-corrected chi connectivity index (χ3v) is 7.31. The molecule has 1 aliphatic carbocycles. The fraction of sp³-hybridized carbons (Fsp3) is 0.593. The maximum Gasteiger partial charge on any atom is 0.247 e. The molecular weight excluding hydrogens is 494 g/mol. The van der Waals surface area contributed by atoms with E-state index >= 15 is 0 Å². The number of amides is 2. The monoisotopic (exact) mass is 531 g/mol. The van der Waals surface area contributed by atoms with Crippen LogP contribution in [0.15, 0.2) is 23.8 Å². The van der Waals surface area contributed by atoms with Crippen molar-refractivity contribution in [2.24, 2.45) is 5.92 Å². The molecule has 208 valence electrons. The average molecular weight is 532 g/mol. The molecule has 38 heavy (non-hydrogen) atoms. The number of nitrogens with zero attached hydrogens (tertiary/aromatic N) is 2. The maximum atomic E-state index is 13.4. The number of hydrogen-bond acceptors (Lipinski definition) is 9. The van der Waals surface area contributed by atoms with E-state index in [9.17, 15) is 24.6 Å². The predicted molar refractivity (Wildman–Crippen MR) is 137 cm³/mol. The molecule has 11 heteroatoms. The predicted octanol–water partition coefficient (Wildman–Crippen LogP) is -0.0529. The Labute approximate surface area is 222 Å². The van der Waals surface area contributed by atoms with Crippen molar-refractivity contribution in [1.29, 1.82) is 0 Å². The summed E-state index contributed by atoms with van der Waals surface area (Å²) in [6.45, 7) is 7.10. The van der Waals surface area contributed by atoms with Gasteiger partial charge in [-0.15, -0.1) is 0 Å². The highest BCUT2D eigenvalue weighted by atomic mass is 16.5. The highest BCUT2D eigenvalue weighted by molar-refractivity contribution is 5.96. The first kappa shape index (κ1) is 28.0. The van der Waals surface area contributed by atoms with Crippen LogP contribution in [0.5, 0.6) is 11.5 Å². The second kappa shape index (κ2) is 12.2. The zero-order chi connectivity index (χ0) is 27.4. The number of carbonyl (C=O) groups excluding carboxylic acids is 3. The van der Waals surface area contributed by atoms with E-state index in [1.807, 2.05) is 0 Å². The summed E-state index contributed by atoms with van der Waals surface area (Å²) in [7, 11) is 1.45. The smallest absolute Gasteiger partial charge is 0.247 e. The van der Waals surface area contributed by atoms with E-state index in [0.29, 0.717) is 60.8 Å². The molecule has 3 aliphatic rings. The fourth-order valence-electron chi connectivity index (χ4n) is 5.37. The van der Waals surface area contributed by atoms with Gasteiger partial charge in [0.25, 0.3) is 0 Å². The first-order valence-electron chi connectivity index (χ1n) is 13.0. The van der Waals surface area contributed by atoms with Gasteiger partial charge < -0.3 is 34.6 Å². The zero-order valence-corrected chi connectivity index (χ0v) is 22.1. The van der Waals surface area contributed by atoms with Crippen LogP contribution in [0.4, 0.5) is 0 Å². The van der Waals surface area contributed by atoms with Crippen molar-refractivity contribution in [1.82, 2.24) is 15.1 Å². The van der Waals surface area contributed by atoms with E-state index in [2.05, 4.69) is 10.2 Å². The minimum atomic E-state index is -1.15. The quantitative estimate of drug-likeness (QED) is 0.355. The van der Waals surface area contributed by atoms with Crippen molar-refractivity contribution in [3.63, 3.8) is 0 Å². The summed E-state index contributed by atoms with van der Waals surface area (Å²) in [6, 6.07) is 2.34. The van der Waals surface area contributed by atoms with Gasteiger partial charge in [-0.3, -0.25) is 19.3 Å². The number of hydrogen-bond donors (Lipinski definition) is 3. The average Bonchev–Trinajstić information content (AvgIpc) is 3.32. The lowest BCUT2D eigenvalue weighted by atomic mass is 9.77. The van der Waals surface area contributed by atoms with Crippen molar-refractivity contribution >= 4 is 18.1 Å². The number of nitrogens with one attached hydrogen (secondary N) is 1. The Kier molecular flexibility index (Phi) is 9.03. The minimum absolute atomic E-state index is 0.0395. The van der Waals surface area contributed by atoms with Crippen LogP contribution >= 0.6 is 0 Å². The summed E-state index contributed by atoms with van der Waals surface area (Å²) in [6.07, 6.45) is 0.272. The summed E-state index contributed by atoms with van der Waals surface area (Å²) < 4.78 is 17.1. The Bertz CT molecular complexity index is 1070. The molecule has 0 bridgehead atoms. The molecule has 1 saturated heterocycles. The number of benzene rings is 1. The zero-order valence-electron chi connectivity index (χ0n) is 22.1. The molecule has 1 aromatic carbocycles. The van der Waals surface area contributed by atoms with E-state index < -0.39 is 30.1 Å². The van der Waals surface area contributed by atoms with E-state index in [1.54, 1.807) is 37.0 Å². The highest BCUT2D eigenvalue weighted by Gasteiger charge is 2.51. The Morgan fingerprint density at radius 1 is 1.29 bits per heavy atom. The van der Waals surface area contributed by atoms with Crippen molar-refractivity contribution in [2.45, 2.75) is 38.0 Å². The molecule has 0 saturated carbocycles. The standard InChI is InChI=1S/C27H37N3O8/c1-16(2)27(35)30(6-5-29-7-10-37-11-8-29)20-14-19(26(34)28-4-9-31)22-18-12-17(15-32)13-21(36-3)24(18)38-25(22)23(20)33/h12-16,20,22-23,25,31,33H,4-11H2,1-3H3,(H,28,34)/t20-,22+,23+,25+/m1/s1. The summed E-state index contributed by atoms with van der Waals surface area (Å²) >= 11 is 0. The van der Waals surface area contributed by atoms with Crippen molar-refractivity contribution < 1.29 is 38.8 Å². The SMILES string of the molecule is COc1cc(C=O)cc2c1O[C@@H]1[C@@H](O)[C@H](N(CCN3CCOCC3)C(=O)C(C)C)C=C(C(=O)NCCO)[C@H]21. The molecule has 1 fully saturated rings. The molecule has 0 unspecified atom stereocenters. The lowest BCUT2D eigenvalue weighted by Crippen LogP contribution is -2.57.